The quantitative estimate of drug-likeness (QED) is 0.501. The Kier molecular flexibility index (Phi) is 5.25. The van der Waals surface area contributed by atoms with E-state index < -0.39 is 4.92 Å². The van der Waals surface area contributed by atoms with Crippen LogP contribution in [-0.4, -0.2) is 21.4 Å². The average molecular weight is 389 g/mol. The fourth-order valence-electron chi connectivity index (χ4n) is 4.21. The summed E-state index contributed by atoms with van der Waals surface area (Å²) in [6.45, 7) is 0. The Bertz CT molecular complexity index is 1040. The lowest BCUT2D eigenvalue weighted by molar-refractivity contribution is -0.384. The van der Waals surface area contributed by atoms with Gasteiger partial charge in [0.1, 0.15) is 0 Å². The SMILES string of the molecule is O=C(NC1(Cc2ccc([N+](=O)[O-])cc2)CCCCC1)c1cnc2ccccc2c1. The van der Waals surface area contributed by atoms with Crippen molar-refractivity contribution in [1.82, 2.24) is 10.3 Å². The highest BCUT2D eigenvalue weighted by Gasteiger charge is 2.34. The maximum atomic E-state index is 13.1. The number of nitrogens with one attached hydrogen (secondary N) is 1. The minimum atomic E-state index is -0.394. The highest BCUT2D eigenvalue weighted by Crippen LogP contribution is 2.32. The molecule has 1 aliphatic rings. The molecule has 1 N–H and O–H groups in total. The Morgan fingerprint density at radius 3 is 2.52 bits per heavy atom. The number of rotatable bonds is 5. The Morgan fingerprint density at radius 1 is 1.07 bits per heavy atom. The van der Waals surface area contributed by atoms with E-state index in [0.29, 0.717) is 12.0 Å². The number of nitro benzene ring substituents is 1. The molecule has 0 unspecified atom stereocenters. The highest BCUT2D eigenvalue weighted by atomic mass is 16.6. The topological polar surface area (TPSA) is 85.1 Å². The van der Waals surface area contributed by atoms with Gasteiger partial charge in [0.15, 0.2) is 0 Å². The first-order valence-electron chi connectivity index (χ1n) is 9.95. The predicted molar refractivity (Wildman–Crippen MR) is 112 cm³/mol. The largest absolute Gasteiger partial charge is 0.346 e. The molecule has 148 valence electrons. The molecule has 6 nitrogen and oxygen atoms in total. The number of pyridine rings is 1. The second-order valence-electron chi connectivity index (χ2n) is 7.81. The van der Waals surface area contributed by atoms with Crippen molar-refractivity contribution in [1.29, 1.82) is 0 Å². The number of amides is 1. The Labute approximate surface area is 169 Å². The number of hydrogen-bond donors (Lipinski definition) is 1. The molecule has 6 heteroatoms. The maximum Gasteiger partial charge on any atom is 0.269 e. The van der Waals surface area contributed by atoms with Gasteiger partial charge in [-0.15, -0.1) is 0 Å². The number of non-ortho nitro benzene ring substituents is 1. The second kappa shape index (κ2) is 7.99. The van der Waals surface area contributed by atoms with Gasteiger partial charge in [0.25, 0.3) is 11.6 Å². The minimum absolute atomic E-state index is 0.0812. The Balaban J connectivity index is 1.56. The summed E-state index contributed by atoms with van der Waals surface area (Å²) in [6, 6.07) is 16.2. The first-order valence-corrected chi connectivity index (χ1v) is 9.95. The predicted octanol–water partition coefficient (Wildman–Crippen LogP) is 4.82. The third-order valence-electron chi connectivity index (χ3n) is 5.73. The van der Waals surface area contributed by atoms with Crippen LogP contribution in [-0.2, 0) is 6.42 Å². The molecule has 29 heavy (non-hydrogen) atoms. The molecule has 3 aromatic rings. The van der Waals surface area contributed by atoms with Crippen LogP contribution in [0.1, 0.15) is 48.0 Å². The molecular weight excluding hydrogens is 366 g/mol. The number of fused-ring (bicyclic) bond motifs is 1. The van der Waals surface area contributed by atoms with Crippen LogP contribution in [0.4, 0.5) is 5.69 Å². The number of carbonyl (C=O) groups excluding carboxylic acids is 1. The van der Waals surface area contributed by atoms with E-state index >= 15 is 0 Å². The number of carbonyl (C=O) groups is 1. The van der Waals surface area contributed by atoms with Crippen molar-refractivity contribution in [2.75, 3.05) is 0 Å². The molecule has 1 fully saturated rings. The molecule has 4 rings (SSSR count). The fraction of sp³-hybridized carbons (Fsp3) is 0.304. The third-order valence-corrected chi connectivity index (χ3v) is 5.73. The van der Waals surface area contributed by atoms with Crippen LogP contribution in [0.5, 0.6) is 0 Å². The van der Waals surface area contributed by atoms with Gasteiger partial charge in [0.05, 0.1) is 16.0 Å². The summed E-state index contributed by atoms with van der Waals surface area (Å²) < 4.78 is 0. The monoisotopic (exact) mass is 389 g/mol. The molecule has 1 heterocycles. The van der Waals surface area contributed by atoms with Gasteiger partial charge >= 0.3 is 0 Å². The van der Waals surface area contributed by atoms with Crippen LogP contribution in [0.3, 0.4) is 0 Å². The Hall–Kier alpha value is -3.28. The molecule has 2 aromatic carbocycles. The zero-order valence-corrected chi connectivity index (χ0v) is 16.1. The zero-order chi connectivity index (χ0) is 20.3. The summed E-state index contributed by atoms with van der Waals surface area (Å²) in [4.78, 5) is 28.0. The van der Waals surface area contributed by atoms with Gasteiger partial charge in [-0.1, -0.05) is 49.6 Å². The van der Waals surface area contributed by atoms with E-state index in [1.807, 2.05) is 30.3 Å². The molecule has 1 aromatic heterocycles. The minimum Gasteiger partial charge on any atom is -0.346 e. The molecule has 0 atom stereocenters. The van der Waals surface area contributed by atoms with Gasteiger partial charge in [-0.05, 0) is 37.0 Å². The number of nitrogens with zero attached hydrogens (tertiary/aromatic N) is 2. The number of benzene rings is 2. The third kappa shape index (κ3) is 4.26. The van der Waals surface area contributed by atoms with E-state index in [4.69, 9.17) is 0 Å². The number of aromatic nitrogens is 1. The van der Waals surface area contributed by atoms with Gasteiger partial charge in [-0.25, -0.2) is 0 Å². The van der Waals surface area contributed by atoms with E-state index in [-0.39, 0.29) is 17.1 Å². The van der Waals surface area contributed by atoms with Crippen molar-refractivity contribution >= 4 is 22.5 Å². The highest BCUT2D eigenvalue weighted by molar-refractivity contribution is 5.97. The van der Waals surface area contributed by atoms with Crippen LogP contribution in [0.2, 0.25) is 0 Å². The van der Waals surface area contributed by atoms with E-state index in [9.17, 15) is 14.9 Å². The molecule has 1 amide bonds. The van der Waals surface area contributed by atoms with Crippen molar-refractivity contribution in [3.8, 4) is 0 Å². The van der Waals surface area contributed by atoms with Crippen LogP contribution in [0.25, 0.3) is 10.9 Å². The van der Waals surface area contributed by atoms with Crippen molar-refractivity contribution in [3.63, 3.8) is 0 Å². The molecule has 1 saturated carbocycles. The number of hydrogen-bond acceptors (Lipinski definition) is 4. The van der Waals surface area contributed by atoms with Gasteiger partial charge in [0.2, 0.25) is 0 Å². The number of nitro groups is 1. The van der Waals surface area contributed by atoms with E-state index in [0.717, 1.165) is 48.6 Å². The van der Waals surface area contributed by atoms with E-state index in [2.05, 4.69) is 10.3 Å². The summed E-state index contributed by atoms with van der Waals surface area (Å²) in [5.74, 6) is -0.118. The van der Waals surface area contributed by atoms with Crippen LogP contribution in [0.15, 0.2) is 60.8 Å². The molecule has 0 saturated heterocycles. The summed E-state index contributed by atoms with van der Waals surface area (Å²) in [5.41, 5.74) is 2.16. The van der Waals surface area contributed by atoms with Crippen LogP contribution >= 0.6 is 0 Å². The lowest BCUT2D eigenvalue weighted by Gasteiger charge is -2.38. The Morgan fingerprint density at radius 2 is 1.79 bits per heavy atom. The number of para-hydroxylation sites is 1. The van der Waals surface area contributed by atoms with Crippen molar-refractivity contribution in [2.45, 2.75) is 44.1 Å². The van der Waals surface area contributed by atoms with Gasteiger partial charge in [-0.2, -0.15) is 0 Å². The summed E-state index contributed by atoms with van der Waals surface area (Å²) in [6.07, 6.45) is 7.37. The van der Waals surface area contributed by atoms with Gasteiger partial charge in [0, 0.05) is 29.3 Å². The van der Waals surface area contributed by atoms with Crippen LogP contribution in [0, 0.1) is 10.1 Å². The molecule has 0 aliphatic heterocycles. The van der Waals surface area contributed by atoms with E-state index in [1.54, 1.807) is 18.3 Å². The van der Waals surface area contributed by atoms with Gasteiger partial charge < -0.3 is 5.32 Å². The fourth-order valence-corrected chi connectivity index (χ4v) is 4.21. The molecule has 0 spiro atoms. The summed E-state index contributed by atoms with van der Waals surface area (Å²) in [5, 5.41) is 15.1. The molecule has 0 bridgehead atoms. The van der Waals surface area contributed by atoms with Crippen molar-refractivity contribution in [3.05, 3.63) is 82.0 Å². The first kappa shape index (κ1) is 19.1. The lowest BCUT2D eigenvalue weighted by atomic mass is 9.77. The zero-order valence-electron chi connectivity index (χ0n) is 16.1. The van der Waals surface area contributed by atoms with Gasteiger partial charge in [-0.3, -0.25) is 19.9 Å². The first-order chi connectivity index (χ1) is 14.0. The lowest BCUT2D eigenvalue weighted by Crippen LogP contribution is -2.51. The summed E-state index contributed by atoms with van der Waals surface area (Å²) >= 11 is 0. The van der Waals surface area contributed by atoms with Crippen molar-refractivity contribution in [2.24, 2.45) is 0 Å². The molecule has 1 aliphatic carbocycles. The standard InChI is InChI=1S/C23H23N3O3/c27-22(19-14-18-6-2-3-7-21(18)24-16-19)25-23(12-4-1-5-13-23)15-17-8-10-20(11-9-17)26(28)29/h2-3,6-11,14,16H,1,4-5,12-13,15H2,(H,25,27). The smallest absolute Gasteiger partial charge is 0.269 e. The summed E-state index contributed by atoms with van der Waals surface area (Å²) in [7, 11) is 0. The normalized spacial score (nSPS) is 15.7. The average Bonchev–Trinajstić information content (AvgIpc) is 2.74. The van der Waals surface area contributed by atoms with E-state index in [1.165, 1.54) is 12.1 Å². The van der Waals surface area contributed by atoms with Crippen molar-refractivity contribution < 1.29 is 9.72 Å². The molecule has 0 radical (unpaired) electrons. The molecular formula is C23H23N3O3. The van der Waals surface area contributed by atoms with Crippen LogP contribution < -0.4 is 5.32 Å². The maximum absolute atomic E-state index is 13.1. The second-order valence-corrected chi connectivity index (χ2v) is 7.81.